The first-order chi connectivity index (χ1) is 21.0. The van der Waals surface area contributed by atoms with E-state index in [1.165, 1.54) is 23.1 Å². The van der Waals surface area contributed by atoms with E-state index in [0.717, 1.165) is 15.4 Å². The molecule has 0 aliphatic carbocycles. The second-order valence-electron chi connectivity index (χ2n) is 10.8. The number of anilines is 1. The molecule has 7 nitrogen and oxygen atoms in total. The maximum Gasteiger partial charge on any atom is 0.264 e. The average molecular weight is 653 g/mol. The molecule has 0 heterocycles. The van der Waals surface area contributed by atoms with Gasteiger partial charge in [0.2, 0.25) is 11.8 Å². The van der Waals surface area contributed by atoms with Crippen LogP contribution < -0.4 is 9.62 Å². The average Bonchev–Trinajstić information content (AvgIpc) is 3.02. The lowest BCUT2D eigenvalue weighted by Gasteiger charge is -2.34. The number of carbonyl (C=O) groups is 2. The van der Waals surface area contributed by atoms with Gasteiger partial charge < -0.3 is 10.2 Å². The Morgan fingerprint density at radius 3 is 2.02 bits per heavy atom. The van der Waals surface area contributed by atoms with Crippen molar-refractivity contribution >= 4 is 50.7 Å². The number of carbonyl (C=O) groups excluding carboxylic acids is 2. The third-order valence-corrected chi connectivity index (χ3v) is 9.20. The molecule has 0 saturated heterocycles. The predicted molar refractivity (Wildman–Crippen MR) is 176 cm³/mol. The number of amides is 2. The second kappa shape index (κ2) is 15.2. The summed E-state index contributed by atoms with van der Waals surface area (Å²) in [5.74, 6) is -0.698. The highest BCUT2D eigenvalue weighted by molar-refractivity contribution is 7.92. The van der Waals surface area contributed by atoms with Crippen molar-refractivity contribution in [3.63, 3.8) is 0 Å². The zero-order valence-electron chi connectivity index (χ0n) is 24.6. The maximum absolute atomic E-state index is 14.4. The third kappa shape index (κ3) is 8.85. The summed E-state index contributed by atoms with van der Waals surface area (Å²) in [5, 5.41) is 3.82. The van der Waals surface area contributed by atoms with Gasteiger partial charge in [-0.3, -0.25) is 13.9 Å². The van der Waals surface area contributed by atoms with Crippen LogP contribution in [0.25, 0.3) is 0 Å². The van der Waals surface area contributed by atoms with Gasteiger partial charge in [0, 0.05) is 29.6 Å². The Bertz CT molecular complexity index is 1650. The SMILES string of the molecule is CC(C)CNC(=O)[C@H](Cc1ccccc1)N(Cc1ccc(Cl)cc1)C(=O)CN(c1cccc(Cl)c1)S(=O)(=O)c1ccccc1. The second-order valence-corrected chi connectivity index (χ2v) is 13.5. The van der Waals surface area contributed by atoms with Gasteiger partial charge in [0.1, 0.15) is 12.6 Å². The monoisotopic (exact) mass is 651 g/mol. The molecule has 4 aromatic rings. The Hall–Kier alpha value is -3.85. The van der Waals surface area contributed by atoms with Crippen LogP contribution in [-0.4, -0.2) is 44.3 Å². The molecule has 0 aliphatic rings. The normalized spacial score (nSPS) is 12.0. The first-order valence-electron chi connectivity index (χ1n) is 14.2. The number of rotatable bonds is 13. The minimum absolute atomic E-state index is 0.0209. The van der Waals surface area contributed by atoms with Crippen molar-refractivity contribution in [2.75, 3.05) is 17.4 Å². The summed E-state index contributed by atoms with van der Waals surface area (Å²) in [7, 11) is -4.20. The molecule has 4 rings (SSSR count). The van der Waals surface area contributed by atoms with E-state index in [1.807, 2.05) is 44.2 Å². The third-order valence-electron chi connectivity index (χ3n) is 6.93. The van der Waals surface area contributed by atoms with E-state index in [-0.39, 0.29) is 35.4 Å². The van der Waals surface area contributed by atoms with Crippen LogP contribution in [0.15, 0.2) is 114 Å². The fourth-order valence-electron chi connectivity index (χ4n) is 4.64. The van der Waals surface area contributed by atoms with E-state index in [9.17, 15) is 18.0 Å². The topological polar surface area (TPSA) is 86.8 Å². The summed E-state index contributed by atoms with van der Waals surface area (Å²) >= 11 is 12.4. The summed E-state index contributed by atoms with van der Waals surface area (Å²) in [6.45, 7) is 3.89. The highest BCUT2D eigenvalue weighted by Crippen LogP contribution is 2.27. The van der Waals surface area contributed by atoms with Crippen molar-refractivity contribution in [2.24, 2.45) is 5.92 Å². The molecule has 1 atom stereocenters. The Morgan fingerprint density at radius 1 is 0.773 bits per heavy atom. The zero-order valence-corrected chi connectivity index (χ0v) is 26.9. The van der Waals surface area contributed by atoms with Gasteiger partial charge in [-0.2, -0.15) is 0 Å². The van der Waals surface area contributed by atoms with Gasteiger partial charge in [-0.15, -0.1) is 0 Å². The maximum atomic E-state index is 14.4. The minimum Gasteiger partial charge on any atom is -0.354 e. The van der Waals surface area contributed by atoms with Gasteiger partial charge in [0.15, 0.2) is 0 Å². The molecule has 1 N–H and O–H groups in total. The summed E-state index contributed by atoms with van der Waals surface area (Å²) in [6, 6.07) is 29.7. The van der Waals surface area contributed by atoms with Crippen molar-refractivity contribution in [3.8, 4) is 0 Å². The van der Waals surface area contributed by atoms with E-state index in [1.54, 1.807) is 60.7 Å². The van der Waals surface area contributed by atoms with Crippen LogP contribution in [0, 0.1) is 5.92 Å². The highest BCUT2D eigenvalue weighted by Gasteiger charge is 2.34. The minimum atomic E-state index is -4.20. The lowest BCUT2D eigenvalue weighted by Crippen LogP contribution is -2.53. The summed E-state index contributed by atoms with van der Waals surface area (Å²) in [6.07, 6.45) is 0.229. The Labute approximate surface area is 269 Å². The van der Waals surface area contributed by atoms with E-state index < -0.39 is 28.5 Å². The molecule has 0 aromatic heterocycles. The molecule has 0 bridgehead atoms. The molecule has 0 spiro atoms. The van der Waals surface area contributed by atoms with E-state index in [4.69, 9.17) is 23.2 Å². The zero-order chi connectivity index (χ0) is 31.7. The first-order valence-corrected chi connectivity index (χ1v) is 16.4. The van der Waals surface area contributed by atoms with E-state index in [0.29, 0.717) is 16.6 Å². The molecule has 0 fully saturated rings. The summed E-state index contributed by atoms with van der Waals surface area (Å²) < 4.78 is 29.0. The quantitative estimate of drug-likeness (QED) is 0.176. The van der Waals surface area contributed by atoms with Crippen molar-refractivity contribution in [2.45, 2.75) is 37.8 Å². The largest absolute Gasteiger partial charge is 0.354 e. The molecule has 0 radical (unpaired) electrons. The first kappa shape index (κ1) is 33.1. The fraction of sp³-hybridized carbons (Fsp3) is 0.235. The molecule has 0 aliphatic heterocycles. The van der Waals surface area contributed by atoms with Crippen LogP contribution in [0.5, 0.6) is 0 Å². The molecule has 2 amide bonds. The number of nitrogens with zero attached hydrogens (tertiary/aromatic N) is 2. The van der Waals surface area contributed by atoms with Crippen LogP contribution in [0.1, 0.15) is 25.0 Å². The van der Waals surface area contributed by atoms with Gasteiger partial charge in [0.05, 0.1) is 10.6 Å². The molecule has 0 saturated carbocycles. The number of halogens is 2. The van der Waals surface area contributed by atoms with Crippen LogP contribution >= 0.6 is 23.2 Å². The van der Waals surface area contributed by atoms with Crippen molar-refractivity contribution < 1.29 is 18.0 Å². The molecule has 230 valence electrons. The van der Waals surface area contributed by atoms with Crippen LogP contribution in [0.4, 0.5) is 5.69 Å². The van der Waals surface area contributed by atoms with Gasteiger partial charge in [-0.25, -0.2) is 8.42 Å². The number of nitrogens with one attached hydrogen (secondary N) is 1. The van der Waals surface area contributed by atoms with Gasteiger partial charge in [-0.1, -0.05) is 104 Å². The Balaban J connectivity index is 1.79. The van der Waals surface area contributed by atoms with Gasteiger partial charge in [-0.05, 0) is 59.5 Å². The lowest BCUT2D eigenvalue weighted by molar-refractivity contribution is -0.140. The number of hydrogen-bond donors (Lipinski definition) is 1. The molecular weight excluding hydrogens is 617 g/mol. The number of sulfonamides is 1. The number of benzene rings is 4. The molecule has 4 aromatic carbocycles. The van der Waals surface area contributed by atoms with Crippen molar-refractivity contribution in [1.29, 1.82) is 0 Å². The molecule has 44 heavy (non-hydrogen) atoms. The fourth-order valence-corrected chi connectivity index (χ4v) is 6.38. The molecular formula is C34H35Cl2N3O4S. The van der Waals surface area contributed by atoms with E-state index >= 15 is 0 Å². The highest BCUT2D eigenvalue weighted by atomic mass is 35.5. The summed E-state index contributed by atoms with van der Waals surface area (Å²) in [4.78, 5) is 29.7. The van der Waals surface area contributed by atoms with Gasteiger partial charge >= 0.3 is 0 Å². The van der Waals surface area contributed by atoms with Crippen LogP contribution in [0.3, 0.4) is 0 Å². The van der Waals surface area contributed by atoms with Crippen molar-refractivity contribution in [1.82, 2.24) is 10.2 Å². The van der Waals surface area contributed by atoms with Crippen LogP contribution in [-0.2, 0) is 32.6 Å². The Kier molecular flexibility index (Phi) is 11.4. The van der Waals surface area contributed by atoms with Gasteiger partial charge in [0.25, 0.3) is 10.0 Å². The van der Waals surface area contributed by atoms with E-state index in [2.05, 4.69) is 5.32 Å². The molecule has 0 unspecified atom stereocenters. The summed E-state index contributed by atoms with van der Waals surface area (Å²) in [5.41, 5.74) is 1.82. The standard InChI is InChI=1S/C34H35Cl2N3O4S/c1-25(2)22-37-34(41)32(20-26-10-5-3-6-11-26)38(23-27-16-18-28(35)19-17-27)33(40)24-39(30-13-9-12-29(36)21-30)44(42,43)31-14-7-4-8-15-31/h3-19,21,25,32H,20,22-24H2,1-2H3,(H,37,41)/t32-/m0/s1. The van der Waals surface area contributed by atoms with Crippen LogP contribution in [0.2, 0.25) is 10.0 Å². The smallest absolute Gasteiger partial charge is 0.264 e. The van der Waals surface area contributed by atoms with Crippen molar-refractivity contribution in [3.05, 3.63) is 130 Å². The lowest BCUT2D eigenvalue weighted by atomic mass is 10.0. The number of hydrogen-bond acceptors (Lipinski definition) is 4. The molecule has 10 heteroatoms. The predicted octanol–water partition coefficient (Wildman–Crippen LogP) is 6.60. The Morgan fingerprint density at radius 2 is 1.41 bits per heavy atom.